The van der Waals surface area contributed by atoms with Crippen molar-refractivity contribution in [3.05, 3.63) is 80.4 Å². The van der Waals surface area contributed by atoms with Crippen molar-refractivity contribution in [3.63, 3.8) is 0 Å². The lowest BCUT2D eigenvalue weighted by atomic mass is 9.98. The molecular weight excluding hydrogens is 606 g/mol. The minimum absolute atomic E-state index is 0.0148. The average Bonchev–Trinajstić information content (AvgIpc) is 3.44. The van der Waals surface area contributed by atoms with Gasteiger partial charge in [-0.1, -0.05) is 36.1 Å². The highest BCUT2D eigenvalue weighted by molar-refractivity contribution is 8.26. The number of aliphatic carboxylic acids is 1. The molecule has 1 N–H and O–H groups in total. The molecule has 2 aromatic carbocycles. The van der Waals surface area contributed by atoms with E-state index in [4.69, 9.17) is 17.0 Å². The summed E-state index contributed by atoms with van der Waals surface area (Å²) in [6, 6.07) is 10.4. The third kappa shape index (κ3) is 7.14. The zero-order valence-corrected chi connectivity index (χ0v) is 24.2. The number of thiocarbonyl (C=S) groups is 1. The van der Waals surface area contributed by atoms with E-state index >= 15 is 0 Å². The Kier molecular flexibility index (Phi) is 8.36. The Hall–Kier alpha value is -3.29. The summed E-state index contributed by atoms with van der Waals surface area (Å²) in [5.41, 5.74) is -2.34. The highest BCUT2D eigenvalue weighted by Crippen LogP contribution is 2.40. The van der Waals surface area contributed by atoms with Crippen LogP contribution in [0, 0.1) is 0 Å². The van der Waals surface area contributed by atoms with Crippen molar-refractivity contribution in [1.29, 1.82) is 0 Å². The molecule has 0 aliphatic carbocycles. The predicted molar refractivity (Wildman–Crippen MR) is 152 cm³/mol. The number of carboxylic acid groups (broad SMARTS) is 1. The number of rotatable bonds is 8. The summed E-state index contributed by atoms with van der Waals surface area (Å²) in [6.45, 7) is 3.54. The van der Waals surface area contributed by atoms with E-state index < -0.39 is 34.8 Å². The molecule has 41 heavy (non-hydrogen) atoms. The van der Waals surface area contributed by atoms with Gasteiger partial charge in [0.15, 0.2) is 5.60 Å². The molecule has 0 atom stereocenters. The molecule has 1 saturated heterocycles. The van der Waals surface area contributed by atoms with Crippen LogP contribution in [0.25, 0.3) is 17.2 Å². The summed E-state index contributed by atoms with van der Waals surface area (Å²) in [5.74, 6) is -4.61. The summed E-state index contributed by atoms with van der Waals surface area (Å²) >= 11 is 7.59. The molecule has 0 bridgehead atoms. The van der Waals surface area contributed by atoms with Gasteiger partial charge in [-0.25, -0.2) is 13.6 Å². The second-order valence-corrected chi connectivity index (χ2v) is 12.4. The Balaban J connectivity index is 1.52. The smallest absolute Gasteiger partial charge is 0.416 e. The molecule has 1 fully saturated rings. The summed E-state index contributed by atoms with van der Waals surface area (Å²) in [4.78, 5) is 26.6. The largest absolute Gasteiger partial charge is 0.478 e. The number of nitrogens with zero attached hydrogens (tertiary/aromatic N) is 1. The zero-order chi connectivity index (χ0) is 30.3. The maximum atomic E-state index is 13.9. The van der Waals surface area contributed by atoms with Crippen molar-refractivity contribution >= 4 is 57.6 Å². The maximum absolute atomic E-state index is 13.9. The van der Waals surface area contributed by atoms with Gasteiger partial charge in [-0.15, -0.1) is 11.3 Å². The van der Waals surface area contributed by atoms with Gasteiger partial charge in [-0.05, 0) is 78.4 Å². The van der Waals surface area contributed by atoms with Gasteiger partial charge in [0.25, 0.3) is 11.8 Å². The molecule has 216 valence electrons. The van der Waals surface area contributed by atoms with E-state index in [-0.39, 0.29) is 18.0 Å². The lowest BCUT2D eigenvalue weighted by Crippen LogP contribution is -2.37. The monoisotopic (exact) mass is 627 g/mol. The number of thiophene rings is 1. The molecule has 13 heteroatoms. The van der Waals surface area contributed by atoms with Gasteiger partial charge < -0.3 is 9.84 Å². The second-order valence-electron chi connectivity index (χ2n) is 9.75. The highest BCUT2D eigenvalue weighted by Gasteiger charge is 2.35. The van der Waals surface area contributed by atoms with Crippen LogP contribution in [-0.4, -0.2) is 31.8 Å². The van der Waals surface area contributed by atoms with Crippen LogP contribution in [0.2, 0.25) is 0 Å². The topological polar surface area (TPSA) is 66.8 Å². The van der Waals surface area contributed by atoms with Crippen LogP contribution >= 0.6 is 35.3 Å². The van der Waals surface area contributed by atoms with E-state index in [1.54, 1.807) is 30.3 Å². The second kappa shape index (κ2) is 11.2. The van der Waals surface area contributed by atoms with E-state index in [0.717, 1.165) is 40.8 Å². The lowest BCUT2D eigenvalue weighted by molar-refractivity contribution is -0.152. The third-order valence-corrected chi connectivity index (χ3v) is 8.28. The van der Waals surface area contributed by atoms with Crippen molar-refractivity contribution < 1.29 is 41.4 Å². The van der Waals surface area contributed by atoms with Crippen molar-refractivity contribution in [1.82, 2.24) is 4.90 Å². The first-order chi connectivity index (χ1) is 18.9. The van der Waals surface area contributed by atoms with Gasteiger partial charge in [-0.2, -0.15) is 13.2 Å². The van der Waals surface area contributed by atoms with Crippen LogP contribution in [0.5, 0.6) is 5.75 Å². The number of thioether (sulfide) groups is 1. The molecule has 4 rings (SSSR count). The maximum Gasteiger partial charge on any atom is 0.416 e. The molecule has 5 nitrogen and oxygen atoms in total. The van der Waals surface area contributed by atoms with E-state index in [1.165, 1.54) is 30.2 Å². The summed E-state index contributed by atoms with van der Waals surface area (Å²) in [6.07, 6.45) is -3.24. The molecule has 3 aromatic rings. The normalized spacial score (nSPS) is 15.6. The predicted octanol–water partition coefficient (Wildman–Crippen LogP) is 8.19. The minimum Gasteiger partial charge on any atom is -0.478 e. The van der Waals surface area contributed by atoms with E-state index in [9.17, 15) is 36.6 Å². The Bertz CT molecular complexity index is 1510. The number of carboxylic acids is 1. The minimum atomic E-state index is -4.80. The van der Waals surface area contributed by atoms with E-state index in [0.29, 0.717) is 38.4 Å². The number of carbonyl (C=O) groups is 2. The van der Waals surface area contributed by atoms with Crippen molar-refractivity contribution in [3.8, 4) is 16.9 Å². The van der Waals surface area contributed by atoms with Gasteiger partial charge in [0, 0.05) is 17.4 Å². The van der Waals surface area contributed by atoms with E-state index in [1.807, 2.05) is 0 Å². The number of hydrogen-bond acceptors (Lipinski definition) is 6. The van der Waals surface area contributed by atoms with Crippen molar-refractivity contribution in [2.24, 2.45) is 0 Å². The number of ether oxygens (including phenoxy) is 1. The molecule has 1 aliphatic rings. The summed E-state index contributed by atoms with van der Waals surface area (Å²) in [5, 5.41) is 10.8. The van der Waals surface area contributed by atoms with Crippen LogP contribution in [-0.2, 0) is 28.2 Å². The quantitative estimate of drug-likeness (QED) is 0.154. The molecule has 1 amide bonds. The molecule has 1 aliphatic heterocycles. The van der Waals surface area contributed by atoms with Gasteiger partial charge in [0.1, 0.15) is 10.1 Å². The van der Waals surface area contributed by atoms with Crippen LogP contribution in [0.3, 0.4) is 0 Å². The summed E-state index contributed by atoms with van der Waals surface area (Å²) in [7, 11) is 0. The Morgan fingerprint density at radius 1 is 1.00 bits per heavy atom. The molecule has 0 radical (unpaired) electrons. The fraction of sp³-hybridized carbons (Fsp3) is 0.250. The van der Waals surface area contributed by atoms with Crippen LogP contribution in [0.15, 0.2) is 58.8 Å². The Morgan fingerprint density at radius 3 is 2.22 bits per heavy atom. The molecule has 0 saturated carbocycles. The standard InChI is InChI=1S/C28H22F5NO4S3/c1-26(2,24(36)37)38-20-6-4-15(5-7-20)13-34-23(35)22(41-25(34)39)12-21-10-17(14-40-21)16-8-18(27(3,29)30)11-19(9-16)28(31,32)33/h4-12,14H,13H2,1-3H3,(H,36,37)/b22-12-. The zero-order valence-electron chi connectivity index (χ0n) is 21.7. The third-order valence-electron chi connectivity index (χ3n) is 6.02. The average molecular weight is 628 g/mol. The van der Waals surface area contributed by atoms with Gasteiger partial charge >= 0.3 is 12.1 Å². The fourth-order valence-corrected chi connectivity index (χ4v) is 5.91. The van der Waals surface area contributed by atoms with Crippen LogP contribution < -0.4 is 4.74 Å². The highest BCUT2D eigenvalue weighted by atomic mass is 32.2. The van der Waals surface area contributed by atoms with Crippen LogP contribution in [0.4, 0.5) is 22.0 Å². The molecular formula is C28H22F5NO4S3. The van der Waals surface area contributed by atoms with Crippen molar-refractivity contribution in [2.75, 3.05) is 0 Å². The molecule has 1 aromatic heterocycles. The number of benzene rings is 2. The first-order valence-electron chi connectivity index (χ1n) is 11.9. The lowest BCUT2D eigenvalue weighted by Gasteiger charge is -2.21. The number of halogens is 5. The number of alkyl halides is 5. The van der Waals surface area contributed by atoms with Gasteiger partial charge in [0.2, 0.25) is 0 Å². The van der Waals surface area contributed by atoms with Crippen LogP contribution in [0.1, 0.15) is 42.3 Å². The summed E-state index contributed by atoms with van der Waals surface area (Å²) < 4.78 is 73.8. The molecule has 0 spiro atoms. The van der Waals surface area contributed by atoms with Gasteiger partial charge in [0.05, 0.1) is 17.0 Å². The molecule has 0 unspecified atom stereocenters. The first-order valence-corrected chi connectivity index (χ1v) is 14.0. The number of carbonyl (C=O) groups excluding carboxylic acids is 1. The van der Waals surface area contributed by atoms with Gasteiger partial charge in [-0.3, -0.25) is 9.69 Å². The molecule has 2 heterocycles. The SMILES string of the molecule is CC(C)(Oc1ccc(CN2C(=O)/C(=C/c3cc(-c4cc(C(C)(F)F)cc(C(F)(F)F)c4)cs3)SC2=S)cc1)C(=O)O. The van der Waals surface area contributed by atoms with Crippen molar-refractivity contribution in [2.45, 2.75) is 45.0 Å². The Morgan fingerprint density at radius 2 is 1.63 bits per heavy atom. The number of amides is 1. The van der Waals surface area contributed by atoms with E-state index in [2.05, 4.69) is 0 Å². The first kappa shape index (κ1) is 30.7. The Labute approximate surface area is 245 Å². The number of hydrogen-bond donors (Lipinski definition) is 1. The fourth-order valence-electron chi connectivity index (χ4n) is 3.74.